The molecule has 0 aliphatic rings. The summed E-state index contributed by atoms with van der Waals surface area (Å²) < 4.78 is 0. The number of aliphatic hydroxyl groups excluding tert-OH is 1. The molecular formula is C37H60N8O11. The molecule has 13 N–H and O–H groups in total. The number of primary amides is 1. The van der Waals surface area contributed by atoms with Crippen LogP contribution in [0.4, 0.5) is 0 Å². The number of nitrogens with two attached hydrogens (primary N) is 2. The normalized spacial score (nSPS) is 16.1. The van der Waals surface area contributed by atoms with Gasteiger partial charge in [-0.15, -0.1) is 0 Å². The minimum absolute atomic E-state index is 0.00357. The number of benzene rings is 1. The molecule has 0 unspecified atom stereocenters. The summed E-state index contributed by atoms with van der Waals surface area (Å²) in [7, 11) is 0. The maximum Gasteiger partial charge on any atom is 0.305 e. The van der Waals surface area contributed by atoms with Gasteiger partial charge in [0, 0.05) is 0 Å². The average molecular weight is 793 g/mol. The molecule has 7 amide bonds. The van der Waals surface area contributed by atoms with Crippen LogP contribution in [0.1, 0.15) is 80.2 Å². The Morgan fingerprint density at radius 2 is 1.16 bits per heavy atom. The van der Waals surface area contributed by atoms with E-state index >= 15 is 0 Å². The summed E-state index contributed by atoms with van der Waals surface area (Å²) in [6.07, 6.45) is -1.89. The van der Waals surface area contributed by atoms with Gasteiger partial charge >= 0.3 is 5.97 Å². The van der Waals surface area contributed by atoms with Crippen molar-refractivity contribution >= 4 is 47.3 Å². The Balaban J connectivity index is 3.15. The van der Waals surface area contributed by atoms with E-state index in [1.807, 2.05) is 6.92 Å². The zero-order valence-electron chi connectivity index (χ0n) is 33.3. The van der Waals surface area contributed by atoms with Crippen LogP contribution in [0.3, 0.4) is 0 Å². The monoisotopic (exact) mass is 792 g/mol. The molecule has 0 aliphatic heterocycles. The van der Waals surface area contributed by atoms with Gasteiger partial charge in [-0.2, -0.15) is 0 Å². The van der Waals surface area contributed by atoms with Gasteiger partial charge < -0.3 is 58.7 Å². The smallest absolute Gasteiger partial charge is 0.305 e. The average Bonchev–Trinajstić information content (AvgIpc) is 3.10. The van der Waals surface area contributed by atoms with Crippen LogP contribution in [-0.4, -0.2) is 111 Å². The van der Waals surface area contributed by atoms with Crippen molar-refractivity contribution in [2.75, 3.05) is 0 Å². The molecule has 0 spiro atoms. The Morgan fingerprint density at radius 1 is 0.661 bits per heavy atom. The number of phenols is 1. The predicted molar refractivity (Wildman–Crippen MR) is 204 cm³/mol. The third-order valence-corrected chi connectivity index (χ3v) is 8.96. The highest BCUT2D eigenvalue weighted by molar-refractivity contribution is 5.98. The highest BCUT2D eigenvalue weighted by Gasteiger charge is 2.36. The van der Waals surface area contributed by atoms with Crippen LogP contribution in [-0.2, 0) is 44.8 Å². The number of aliphatic carboxylic acids is 1. The van der Waals surface area contributed by atoms with Crippen LogP contribution < -0.4 is 43.4 Å². The second-order valence-electron chi connectivity index (χ2n) is 14.8. The van der Waals surface area contributed by atoms with Gasteiger partial charge in [-0.25, -0.2) is 0 Å². The van der Waals surface area contributed by atoms with E-state index in [9.17, 15) is 53.7 Å². The van der Waals surface area contributed by atoms with Gasteiger partial charge in [-0.05, 0) is 62.1 Å². The standard InChI is InChI=1S/C37H60N8O11/c1-9-19(6)29(31(39)50)44-32(51)20(7)40-36(55)28(18(4)5)43-35(54)25(14-17(2)3)41-34(53)26(16-27(48)49)42-37(56)30(21(8)46)45-33(52)24(38)15-22-10-12-23(47)13-11-22/h10-13,17-21,24-26,28-30,46-47H,9,14-16,38H2,1-8H3,(H2,39,50)(H,40,55)(H,41,53)(H,42,56)(H,43,54)(H,44,51)(H,45,52)(H,48,49)/t19-,20-,21+,24-,25-,26-,28-,29-,30-/m0/s1. The first-order chi connectivity index (χ1) is 26.0. The molecule has 0 fully saturated rings. The highest BCUT2D eigenvalue weighted by atomic mass is 16.4. The van der Waals surface area contributed by atoms with E-state index in [4.69, 9.17) is 11.5 Å². The van der Waals surface area contributed by atoms with Gasteiger partial charge in [-0.1, -0.05) is 60.1 Å². The van der Waals surface area contributed by atoms with Gasteiger partial charge in [0.15, 0.2) is 0 Å². The summed E-state index contributed by atoms with van der Waals surface area (Å²) in [4.78, 5) is 103. The third kappa shape index (κ3) is 16.2. The van der Waals surface area contributed by atoms with E-state index in [-0.39, 0.29) is 30.4 Å². The van der Waals surface area contributed by atoms with Gasteiger partial charge in [-0.3, -0.25) is 38.4 Å². The van der Waals surface area contributed by atoms with Gasteiger partial charge in [0.25, 0.3) is 0 Å². The molecule has 0 aromatic heterocycles. The van der Waals surface area contributed by atoms with E-state index < -0.39 is 108 Å². The Labute approximate surface area is 326 Å². The summed E-state index contributed by atoms with van der Waals surface area (Å²) >= 11 is 0. The molecule has 0 radical (unpaired) electrons. The number of carboxylic acids is 1. The molecule has 19 nitrogen and oxygen atoms in total. The summed E-state index contributed by atoms with van der Waals surface area (Å²) in [5, 5.41) is 44.0. The number of hydrogen-bond donors (Lipinski definition) is 11. The Kier molecular flexibility index (Phi) is 19.9. The van der Waals surface area contributed by atoms with E-state index in [0.29, 0.717) is 12.0 Å². The van der Waals surface area contributed by atoms with Crippen molar-refractivity contribution in [1.29, 1.82) is 0 Å². The SMILES string of the molecule is CC[C@H](C)[C@H](NC(=O)[C@H](C)NC(=O)[C@@H](NC(=O)[C@H](CC(C)C)NC(=O)[C@H](CC(=O)O)NC(=O)[C@@H](NC(=O)[C@@H](N)Cc1ccc(O)cc1)[C@@H](C)O)C(C)C)C(N)=O. The van der Waals surface area contributed by atoms with Gasteiger partial charge in [0.05, 0.1) is 18.6 Å². The summed E-state index contributed by atoms with van der Waals surface area (Å²) in [5.74, 6) is -8.51. The molecule has 0 saturated carbocycles. The van der Waals surface area contributed by atoms with Crippen molar-refractivity contribution in [3.05, 3.63) is 29.8 Å². The number of phenolic OH excluding ortho intramolecular Hbond substituents is 1. The van der Waals surface area contributed by atoms with E-state index in [0.717, 1.165) is 0 Å². The summed E-state index contributed by atoms with van der Waals surface area (Å²) in [6.45, 7) is 12.9. The molecule has 0 saturated heterocycles. The quantitative estimate of drug-likeness (QED) is 0.0590. The zero-order valence-corrected chi connectivity index (χ0v) is 33.3. The number of amides is 7. The summed E-state index contributed by atoms with van der Waals surface area (Å²) in [6, 6.07) is -3.41. The van der Waals surface area contributed by atoms with Crippen molar-refractivity contribution < 1.29 is 53.7 Å². The number of aromatic hydroxyl groups is 1. The van der Waals surface area contributed by atoms with E-state index in [1.54, 1.807) is 46.8 Å². The van der Waals surface area contributed by atoms with Crippen LogP contribution in [0.15, 0.2) is 24.3 Å². The van der Waals surface area contributed by atoms with Crippen LogP contribution in [0, 0.1) is 17.8 Å². The minimum atomic E-state index is -1.78. The Bertz CT molecular complexity index is 1540. The molecule has 56 heavy (non-hydrogen) atoms. The fraction of sp³-hybridized carbons (Fsp3) is 0.622. The molecule has 1 aromatic carbocycles. The lowest BCUT2D eigenvalue weighted by Crippen LogP contribution is -2.61. The lowest BCUT2D eigenvalue weighted by Gasteiger charge is -2.29. The molecule has 0 heterocycles. The predicted octanol–water partition coefficient (Wildman–Crippen LogP) is -1.72. The van der Waals surface area contributed by atoms with E-state index in [2.05, 4.69) is 31.9 Å². The first kappa shape index (κ1) is 48.7. The first-order valence-corrected chi connectivity index (χ1v) is 18.5. The van der Waals surface area contributed by atoms with Crippen molar-refractivity contribution in [3.63, 3.8) is 0 Å². The van der Waals surface area contributed by atoms with Crippen LogP contribution >= 0.6 is 0 Å². The van der Waals surface area contributed by atoms with E-state index in [1.165, 1.54) is 26.0 Å². The fourth-order valence-electron chi connectivity index (χ4n) is 5.43. The van der Waals surface area contributed by atoms with Gasteiger partial charge in [0.1, 0.15) is 42.0 Å². The Morgan fingerprint density at radius 3 is 1.64 bits per heavy atom. The topological polar surface area (TPSA) is 321 Å². The molecular weight excluding hydrogens is 732 g/mol. The Hall–Kier alpha value is -5.30. The minimum Gasteiger partial charge on any atom is -0.508 e. The number of rotatable bonds is 23. The number of carbonyl (C=O) groups is 8. The fourth-order valence-corrected chi connectivity index (χ4v) is 5.43. The number of carbonyl (C=O) groups excluding carboxylic acids is 7. The zero-order chi connectivity index (χ0) is 43.0. The lowest BCUT2D eigenvalue weighted by atomic mass is 9.98. The first-order valence-electron chi connectivity index (χ1n) is 18.5. The molecule has 0 aliphatic carbocycles. The number of nitrogens with one attached hydrogen (secondary N) is 6. The van der Waals surface area contributed by atoms with Crippen LogP contribution in [0.2, 0.25) is 0 Å². The van der Waals surface area contributed by atoms with Crippen molar-refractivity contribution in [1.82, 2.24) is 31.9 Å². The maximum atomic E-state index is 13.6. The van der Waals surface area contributed by atoms with Crippen molar-refractivity contribution in [2.45, 2.75) is 129 Å². The second kappa shape index (κ2) is 22.9. The van der Waals surface area contributed by atoms with Crippen molar-refractivity contribution in [2.24, 2.45) is 29.2 Å². The molecule has 1 rings (SSSR count). The molecule has 0 bridgehead atoms. The molecule has 19 heteroatoms. The third-order valence-electron chi connectivity index (χ3n) is 8.96. The highest BCUT2D eigenvalue weighted by Crippen LogP contribution is 2.13. The number of aliphatic hydroxyl groups is 1. The van der Waals surface area contributed by atoms with Crippen LogP contribution in [0.25, 0.3) is 0 Å². The molecule has 9 atom stereocenters. The molecule has 1 aromatic rings. The van der Waals surface area contributed by atoms with Crippen molar-refractivity contribution in [3.8, 4) is 5.75 Å². The number of carboxylic acid groups (broad SMARTS) is 1. The number of hydrogen-bond acceptors (Lipinski definition) is 11. The van der Waals surface area contributed by atoms with Crippen LogP contribution in [0.5, 0.6) is 5.75 Å². The van der Waals surface area contributed by atoms with Gasteiger partial charge in [0.2, 0.25) is 41.4 Å². The summed E-state index contributed by atoms with van der Waals surface area (Å²) in [5.41, 5.74) is 12.0. The lowest BCUT2D eigenvalue weighted by molar-refractivity contribution is -0.142. The largest absolute Gasteiger partial charge is 0.508 e. The molecule has 314 valence electrons. The maximum absolute atomic E-state index is 13.6. The second-order valence-corrected chi connectivity index (χ2v) is 14.8.